The van der Waals surface area contributed by atoms with Gasteiger partial charge >= 0.3 is 0 Å². The van der Waals surface area contributed by atoms with Gasteiger partial charge in [-0.25, -0.2) is 22.8 Å². The number of sulfone groups is 1. The van der Waals surface area contributed by atoms with Crippen molar-refractivity contribution in [1.82, 2.24) is 30.1 Å². The molecule has 1 aromatic carbocycles. The van der Waals surface area contributed by atoms with E-state index in [1.807, 2.05) is 25.1 Å². The molecule has 0 aliphatic carbocycles. The number of fused-ring (bicyclic) bond motifs is 2. The van der Waals surface area contributed by atoms with E-state index in [2.05, 4.69) is 35.5 Å². The van der Waals surface area contributed by atoms with Gasteiger partial charge in [-0.3, -0.25) is 14.9 Å². The van der Waals surface area contributed by atoms with Gasteiger partial charge in [-0.1, -0.05) is 6.92 Å². The Labute approximate surface area is 245 Å². The van der Waals surface area contributed by atoms with Crippen LogP contribution in [0.15, 0.2) is 67.3 Å². The van der Waals surface area contributed by atoms with E-state index in [0.29, 0.717) is 51.3 Å². The summed E-state index contributed by atoms with van der Waals surface area (Å²) in [6.45, 7) is 1.94. The predicted molar refractivity (Wildman–Crippen MR) is 163 cm³/mol. The lowest BCUT2D eigenvalue weighted by Gasteiger charge is -2.12. The highest BCUT2D eigenvalue weighted by Crippen LogP contribution is 2.35. The van der Waals surface area contributed by atoms with E-state index in [1.54, 1.807) is 36.9 Å². The summed E-state index contributed by atoms with van der Waals surface area (Å²) in [7, 11) is -3.64. The van der Waals surface area contributed by atoms with Crippen LogP contribution in [0, 0.1) is 5.82 Å². The predicted octanol–water partition coefficient (Wildman–Crippen LogP) is 5.11. The van der Waals surface area contributed by atoms with Crippen molar-refractivity contribution in [3.8, 4) is 33.6 Å². The number of aromatic nitrogens is 6. The van der Waals surface area contributed by atoms with Crippen molar-refractivity contribution >= 4 is 43.5 Å². The van der Waals surface area contributed by atoms with Crippen LogP contribution in [-0.2, 0) is 14.6 Å². The third-order valence-electron chi connectivity index (χ3n) is 7.06. The maximum absolute atomic E-state index is 14.6. The molecule has 218 valence electrons. The average molecular weight is 599 g/mol. The Hall–Kier alpha value is -5.01. The van der Waals surface area contributed by atoms with Crippen molar-refractivity contribution in [2.24, 2.45) is 5.73 Å². The van der Waals surface area contributed by atoms with Crippen LogP contribution in [0.5, 0.6) is 0 Å². The molecule has 5 N–H and O–H groups in total. The molecule has 0 fully saturated rings. The van der Waals surface area contributed by atoms with Gasteiger partial charge in [-0.2, -0.15) is 5.10 Å². The van der Waals surface area contributed by atoms with E-state index in [0.717, 1.165) is 35.3 Å². The molecule has 0 saturated heterocycles. The Morgan fingerprint density at radius 2 is 1.81 bits per heavy atom. The highest BCUT2D eigenvalue weighted by Gasteiger charge is 2.21. The molecule has 5 aromatic heterocycles. The standard InChI is InChI=1S/C30H27FN8O3S/c1-3-4-26(40)36-21-10-18(13-33-15-21)19-11-24-27(38-39-30(24)35-14-19)25-12-23-22(5-6-34-29(23)37-25)16-7-17(9-20(31)8-16)28(32)43(2,41)42/h5-15,28H,3-4,32H2,1-2H3,(H,34,37)(H,36,40)(H,35,38,39). The number of nitrogens with zero attached hydrogens (tertiary/aromatic N) is 4. The Balaban J connectivity index is 1.40. The minimum absolute atomic E-state index is 0.0772. The Morgan fingerprint density at radius 1 is 1.00 bits per heavy atom. The Bertz CT molecular complexity index is 2120. The second-order valence-electron chi connectivity index (χ2n) is 10.3. The van der Waals surface area contributed by atoms with Crippen LogP contribution in [0.1, 0.15) is 30.7 Å². The van der Waals surface area contributed by atoms with Crippen molar-refractivity contribution in [2.45, 2.75) is 25.1 Å². The molecular weight excluding hydrogens is 571 g/mol. The fourth-order valence-corrected chi connectivity index (χ4v) is 5.60. The number of halogens is 1. The van der Waals surface area contributed by atoms with Crippen LogP contribution in [0.2, 0.25) is 0 Å². The molecule has 0 saturated carbocycles. The van der Waals surface area contributed by atoms with Gasteiger partial charge in [0.1, 0.15) is 22.5 Å². The number of amides is 1. The number of carbonyl (C=O) groups excluding carboxylic acids is 1. The van der Waals surface area contributed by atoms with Gasteiger partial charge in [-0.05, 0) is 65.6 Å². The van der Waals surface area contributed by atoms with Gasteiger partial charge in [-0.15, -0.1) is 0 Å². The third kappa shape index (κ3) is 5.59. The van der Waals surface area contributed by atoms with Gasteiger partial charge in [0, 0.05) is 53.2 Å². The number of pyridine rings is 3. The number of carbonyl (C=O) groups is 1. The summed E-state index contributed by atoms with van der Waals surface area (Å²) in [6, 6.07) is 11.4. The zero-order valence-corrected chi connectivity index (χ0v) is 24.0. The molecule has 0 aliphatic heterocycles. The SMILES string of the molecule is CCCC(=O)Nc1cncc(-c2cnc3[nH]nc(-c4cc5c(-c6cc(F)cc(C(N)S(C)(=O)=O)c6)ccnc5[nH]4)c3c2)c1. The minimum Gasteiger partial charge on any atom is -0.338 e. The van der Waals surface area contributed by atoms with Crippen LogP contribution >= 0.6 is 0 Å². The number of aromatic amines is 2. The molecule has 0 aliphatic rings. The number of hydrogen-bond donors (Lipinski definition) is 4. The van der Waals surface area contributed by atoms with E-state index in [-0.39, 0.29) is 11.5 Å². The zero-order chi connectivity index (χ0) is 30.3. The first-order valence-electron chi connectivity index (χ1n) is 13.4. The quantitative estimate of drug-likeness (QED) is 0.187. The number of rotatable bonds is 8. The molecule has 1 atom stereocenters. The van der Waals surface area contributed by atoms with Crippen molar-refractivity contribution in [2.75, 3.05) is 11.6 Å². The molecule has 0 spiro atoms. The molecule has 6 rings (SSSR count). The van der Waals surface area contributed by atoms with Crippen molar-refractivity contribution in [3.63, 3.8) is 0 Å². The highest BCUT2D eigenvalue weighted by molar-refractivity contribution is 7.90. The monoisotopic (exact) mass is 598 g/mol. The first-order valence-corrected chi connectivity index (χ1v) is 15.4. The summed E-state index contributed by atoms with van der Waals surface area (Å²) in [5.41, 5.74) is 11.6. The van der Waals surface area contributed by atoms with Crippen molar-refractivity contribution < 1.29 is 17.6 Å². The van der Waals surface area contributed by atoms with E-state index in [9.17, 15) is 17.6 Å². The van der Waals surface area contributed by atoms with E-state index >= 15 is 0 Å². The Morgan fingerprint density at radius 3 is 2.60 bits per heavy atom. The second kappa shape index (κ2) is 11.0. The maximum Gasteiger partial charge on any atom is 0.224 e. The van der Waals surface area contributed by atoms with Gasteiger partial charge in [0.25, 0.3) is 0 Å². The van der Waals surface area contributed by atoms with Crippen molar-refractivity contribution in [3.05, 3.63) is 78.6 Å². The van der Waals surface area contributed by atoms with Crippen LogP contribution in [0.4, 0.5) is 10.1 Å². The summed E-state index contributed by atoms with van der Waals surface area (Å²) in [6.07, 6.45) is 8.75. The molecule has 13 heteroatoms. The van der Waals surface area contributed by atoms with Crippen molar-refractivity contribution in [1.29, 1.82) is 0 Å². The number of anilines is 1. The summed E-state index contributed by atoms with van der Waals surface area (Å²) in [5.74, 6) is -0.681. The average Bonchev–Trinajstić information content (AvgIpc) is 3.60. The van der Waals surface area contributed by atoms with Gasteiger partial charge in [0.05, 0.1) is 17.6 Å². The zero-order valence-electron chi connectivity index (χ0n) is 23.2. The van der Waals surface area contributed by atoms with E-state index < -0.39 is 21.0 Å². The third-order valence-corrected chi connectivity index (χ3v) is 8.25. The van der Waals surface area contributed by atoms with E-state index in [1.165, 1.54) is 6.07 Å². The summed E-state index contributed by atoms with van der Waals surface area (Å²) >= 11 is 0. The molecule has 0 bridgehead atoms. The number of H-pyrrole nitrogens is 2. The second-order valence-corrected chi connectivity index (χ2v) is 12.4. The summed E-state index contributed by atoms with van der Waals surface area (Å²) in [5, 5.41) is 10.4. The minimum atomic E-state index is -3.64. The lowest BCUT2D eigenvalue weighted by molar-refractivity contribution is -0.116. The largest absolute Gasteiger partial charge is 0.338 e. The van der Waals surface area contributed by atoms with Crippen LogP contribution in [0.3, 0.4) is 0 Å². The topological polar surface area (TPSA) is 172 Å². The number of hydrogen-bond acceptors (Lipinski definition) is 8. The summed E-state index contributed by atoms with van der Waals surface area (Å²) in [4.78, 5) is 28.6. The Kier molecular flexibility index (Phi) is 7.20. The van der Waals surface area contributed by atoms with Gasteiger partial charge in [0.15, 0.2) is 15.5 Å². The maximum atomic E-state index is 14.6. The molecule has 0 radical (unpaired) electrons. The molecule has 11 nitrogen and oxygen atoms in total. The normalized spacial score (nSPS) is 12.6. The lowest BCUT2D eigenvalue weighted by Crippen LogP contribution is -2.20. The number of nitrogens with two attached hydrogens (primary N) is 1. The summed E-state index contributed by atoms with van der Waals surface area (Å²) < 4.78 is 38.7. The molecule has 6 aromatic rings. The fraction of sp³-hybridized carbons (Fsp3) is 0.167. The van der Waals surface area contributed by atoms with E-state index in [4.69, 9.17) is 5.73 Å². The van der Waals surface area contributed by atoms with Gasteiger partial charge < -0.3 is 16.0 Å². The molecule has 1 unspecified atom stereocenters. The van der Waals surface area contributed by atoms with Crippen LogP contribution < -0.4 is 11.1 Å². The molecule has 43 heavy (non-hydrogen) atoms. The fourth-order valence-electron chi connectivity index (χ4n) is 4.97. The lowest BCUT2D eigenvalue weighted by atomic mass is 10.0. The number of nitrogens with one attached hydrogen (secondary N) is 3. The molecule has 1 amide bonds. The number of benzene rings is 1. The molecular formula is C30H27FN8O3S. The first-order chi connectivity index (χ1) is 20.6. The highest BCUT2D eigenvalue weighted by atomic mass is 32.2. The van der Waals surface area contributed by atoms with Crippen LogP contribution in [0.25, 0.3) is 55.7 Å². The van der Waals surface area contributed by atoms with Crippen LogP contribution in [-0.4, -0.2) is 50.7 Å². The molecule has 5 heterocycles. The smallest absolute Gasteiger partial charge is 0.224 e. The first kappa shape index (κ1) is 28.1. The van der Waals surface area contributed by atoms with Gasteiger partial charge in [0.2, 0.25) is 5.91 Å².